The molecule has 0 saturated carbocycles. The molecule has 19 heavy (non-hydrogen) atoms. The van der Waals surface area contributed by atoms with E-state index in [9.17, 15) is 9.18 Å². The molecule has 0 radical (unpaired) electrons. The summed E-state index contributed by atoms with van der Waals surface area (Å²) in [4.78, 5) is 11.8. The van der Waals surface area contributed by atoms with Gasteiger partial charge in [0, 0.05) is 17.1 Å². The molecule has 0 aromatic heterocycles. The SMILES string of the molecule is CC(NCc1cc(F)cc(Cl)c1)C(=O)NC(C)(C)C. The molecule has 2 N–H and O–H groups in total. The van der Waals surface area contributed by atoms with Gasteiger partial charge in [0.15, 0.2) is 0 Å². The number of halogens is 2. The molecule has 0 heterocycles. The fraction of sp³-hybridized carbons (Fsp3) is 0.500. The minimum atomic E-state index is -0.379. The maximum absolute atomic E-state index is 13.1. The van der Waals surface area contributed by atoms with Gasteiger partial charge in [0.2, 0.25) is 5.91 Å². The Bertz CT molecular complexity index is 437. The fourth-order valence-electron chi connectivity index (χ4n) is 1.55. The van der Waals surface area contributed by atoms with Crippen molar-refractivity contribution in [3.8, 4) is 0 Å². The van der Waals surface area contributed by atoms with Crippen LogP contribution in [0.3, 0.4) is 0 Å². The van der Waals surface area contributed by atoms with Gasteiger partial charge in [-0.2, -0.15) is 0 Å². The van der Waals surface area contributed by atoms with E-state index in [2.05, 4.69) is 10.6 Å². The maximum atomic E-state index is 13.1. The highest BCUT2D eigenvalue weighted by atomic mass is 35.5. The zero-order chi connectivity index (χ0) is 14.6. The van der Waals surface area contributed by atoms with Crippen LogP contribution in [0.25, 0.3) is 0 Å². The highest BCUT2D eigenvalue weighted by molar-refractivity contribution is 6.30. The lowest BCUT2D eigenvalue weighted by Gasteiger charge is -2.23. The predicted molar refractivity (Wildman–Crippen MR) is 75.6 cm³/mol. The van der Waals surface area contributed by atoms with Crippen LogP contribution < -0.4 is 10.6 Å². The van der Waals surface area contributed by atoms with Gasteiger partial charge in [0.1, 0.15) is 5.82 Å². The first-order chi connectivity index (χ1) is 8.67. The Morgan fingerprint density at radius 2 is 2.00 bits per heavy atom. The summed E-state index contributed by atoms with van der Waals surface area (Å²) in [5, 5.41) is 6.27. The first kappa shape index (κ1) is 15.9. The number of hydrogen-bond acceptors (Lipinski definition) is 2. The van der Waals surface area contributed by atoms with Crippen molar-refractivity contribution in [2.75, 3.05) is 0 Å². The normalized spacial score (nSPS) is 13.2. The van der Waals surface area contributed by atoms with Gasteiger partial charge in [-0.15, -0.1) is 0 Å². The first-order valence-corrected chi connectivity index (χ1v) is 6.55. The van der Waals surface area contributed by atoms with Crippen molar-refractivity contribution in [1.82, 2.24) is 10.6 Å². The molecule has 1 amide bonds. The van der Waals surface area contributed by atoms with E-state index in [0.29, 0.717) is 17.1 Å². The Balaban J connectivity index is 2.54. The highest BCUT2D eigenvalue weighted by Crippen LogP contribution is 2.14. The van der Waals surface area contributed by atoms with Gasteiger partial charge >= 0.3 is 0 Å². The quantitative estimate of drug-likeness (QED) is 0.894. The third kappa shape index (κ3) is 6.03. The smallest absolute Gasteiger partial charge is 0.237 e. The van der Waals surface area contributed by atoms with Crippen LogP contribution in [0.15, 0.2) is 18.2 Å². The largest absolute Gasteiger partial charge is 0.350 e. The number of carbonyl (C=O) groups excluding carboxylic acids is 1. The fourth-order valence-corrected chi connectivity index (χ4v) is 1.80. The molecular formula is C14H20ClFN2O. The maximum Gasteiger partial charge on any atom is 0.237 e. The van der Waals surface area contributed by atoms with Gasteiger partial charge in [0.05, 0.1) is 6.04 Å². The van der Waals surface area contributed by atoms with E-state index in [4.69, 9.17) is 11.6 Å². The summed E-state index contributed by atoms with van der Waals surface area (Å²) in [6.07, 6.45) is 0. The summed E-state index contributed by atoms with van der Waals surface area (Å²) in [7, 11) is 0. The summed E-state index contributed by atoms with van der Waals surface area (Å²) in [6.45, 7) is 7.91. The Hall–Kier alpha value is -1.13. The summed E-state index contributed by atoms with van der Waals surface area (Å²) in [5.41, 5.74) is 0.440. The van der Waals surface area contributed by atoms with Crippen molar-refractivity contribution in [2.24, 2.45) is 0 Å². The first-order valence-electron chi connectivity index (χ1n) is 6.18. The highest BCUT2D eigenvalue weighted by Gasteiger charge is 2.18. The van der Waals surface area contributed by atoms with Crippen molar-refractivity contribution in [1.29, 1.82) is 0 Å². The summed E-state index contributed by atoms with van der Waals surface area (Å²) in [5.74, 6) is -0.467. The van der Waals surface area contributed by atoms with Gasteiger partial charge in [-0.25, -0.2) is 4.39 Å². The second-order valence-corrected chi connectivity index (χ2v) is 6.06. The number of amides is 1. The van der Waals surface area contributed by atoms with Gasteiger partial charge in [-0.3, -0.25) is 4.79 Å². The standard InChI is InChI=1S/C14H20ClFN2O/c1-9(13(19)18-14(2,3)4)17-8-10-5-11(15)7-12(16)6-10/h5-7,9,17H,8H2,1-4H3,(H,18,19). The lowest BCUT2D eigenvalue weighted by Crippen LogP contribution is -2.49. The van der Waals surface area contributed by atoms with E-state index in [1.807, 2.05) is 20.8 Å². The summed E-state index contributed by atoms with van der Waals surface area (Å²) in [6, 6.07) is 3.96. The molecule has 0 fully saturated rings. The van der Waals surface area contributed by atoms with Crippen LogP contribution in [0.1, 0.15) is 33.3 Å². The van der Waals surface area contributed by atoms with Crippen LogP contribution >= 0.6 is 11.6 Å². The van der Waals surface area contributed by atoms with Crippen LogP contribution in [-0.4, -0.2) is 17.5 Å². The Labute approximate surface area is 118 Å². The monoisotopic (exact) mass is 286 g/mol. The topological polar surface area (TPSA) is 41.1 Å². The van der Waals surface area contributed by atoms with Crippen LogP contribution in [0, 0.1) is 5.82 Å². The molecule has 1 rings (SSSR count). The molecule has 0 spiro atoms. The Kier molecular flexibility index (Phi) is 5.32. The minimum Gasteiger partial charge on any atom is -0.350 e. The summed E-state index contributed by atoms with van der Waals surface area (Å²) < 4.78 is 13.1. The van der Waals surface area contributed by atoms with E-state index in [1.54, 1.807) is 13.0 Å². The van der Waals surface area contributed by atoms with Crippen molar-refractivity contribution in [3.05, 3.63) is 34.6 Å². The number of rotatable bonds is 4. The minimum absolute atomic E-state index is 0.0880. The van der Waals surface area contributed by atoms with Gasteiger partial charge in [0.25, 0.3) is 0 Å². The van der Waals surface area contributed by atoms with Crippen molar-refractivity contribution in [3.63, 3.8) is 0 Å². The molecule has 0 saturated heterocycles. The Morgan fingerprint density at radius 1 is 1.37 bits per heavy atom. The molecule has 1 atom stereocenters. The van der Waals surface area contributed by atoms with Gasteiger partial charge in [-0.1, -0.05) is 11.6 Å². The molecule has 0 aliphatic carbocycles. The zero-order valence-corrected chi connectivity index (χ0v) is 12.4. The van der Waals surface area contributed by atoms with Crippen molar-refractivity contribution >= 4 is 17.5 Å². The molecule has 0 bridgehead atoms. The molecule has 106 valence electrons. The molecule has 1 unspecified atom stereocenters. The molecule has 1 aromatic carbocycles. The number of nitrogens with one attached hydrogen (secondary N) is 2. The molecule has 3 nitrogen and oxygen atoms in total. The van der Waals surface area contributed by atoms with E-state index >= 15 is 0 Å². The van der Waals surface area contributed by atoms with Crippen molar-refractivity contribution in [2.45, 2.75) is 45.8 Å². The average molecular weight is 287 g/mol. The third-order valence-electron chi connectivity index (χ3n) is 2.43. The second kappa shape index (κ2) is 6.35. The van der Waals surface area contributed by atoms with Gasteiger partial charge < -0.3 is 10.6 Å². The average Bonchev–Trinajstić information content (AvgIpc) is 2.22. The number of carbonyl (C=O) groups is 1. The molecule has 0 aliphatic heterocycles. The number of hydrogen-bond donors (Lipinski definition) is 2. The van der Waals surface area contributed by atoms with Crippen LogP contribution in [0.5, 0.6) is 0 Å². The second-order valence-electron chi connectivity index (χ2n) is 5.62. The van der Waals surface area contributed by atoms with Crippen LogP contribution in [-0.2, 0) is 11.3 Å². The predicted octanol–water partition coefficient (Wildman–Crippen LogP) is 2.87. The van der Waals surface area contributed by atoms with Crippen LogP contribution in [0.2, 0.25) is 5.02 Å². The third-order valence-corrected chi connectivity index (χ3v) is 2.64. The van der Waals surface area contributed by atoms with Crippen molar-refractivity contribution < 1.29 is 9.18 Å². The van der Waals surface area contributed by atoms with E-state index in [-0.39, 0.29) is 23.3 Å². The lowest BCUT2D eigenvalue weighted by atomic mass is 10.1. The molecule has 5 heteroatoms. The lowest BCUT2D eigenvalue weighted by molar-refractivity contribution is -0.124. The van der Waals surface area contributed by atoms with E-state index < -0.39 is 0 Å². The molecule has 1 aromatic rings. The molecular weight excluding hydrogens is 267 g/mol. The molecule has 0 aliphatic rings. The van der Waals surface area contributed by atoms with E-state index in [1.165, 1.54) is 12.1 Å². The van der Waals surface area contributed by atoms with Gasteiger partial charge in [-0.05, 0) is 51.5 Å². The van der Waals surface area contributed by atoms with Crippen LogP contribution in [0.4, 0.5) is 4.39 Å². The summed E-state index contributed by atoms with van der Waals surface area (Å²) >= 11 is 5.77. The van der Waals surface area contributed by atoms with E-state index in [0.717, 1.165) is 0 Å². The Morgan fingerprint density at radius 3 is 2.53 bits per heavy atom. The zero-order valence-electron chi connectivity index (χ0n) is 11.7. The number of benzene rings is 1.